The molecule has 0 bridgehead atoms. The molecule has 0 aliphatic heterocycles. The van der Waals surface area contributed by atoms with Gasteiger partial charge in [-0.15, -0.1) is 0 Å². The van der Waals surface area contributed by atoms with E-state index in [-0.39, 0.29) is 5.91 Å². The maximum absolute atomic E-state index is 13.4. The minimum Gasteiger partial charge on any atom is -0.451 e. The van der Waals surface area contributed by atoms with E-state index in [2.05, 4.69) is 40.1 Å². The SMILES string of the molecule is Cc1ccc2sc(N(CCC[NH+](C)C)C(=O)c3cc4ccccc4o3)nc2c1C. The number of aryl methyl sites for hydroxylation is 2. The van der Waals surface area contributed by atoms with E-state index < -0.39 is 0 Å². The molecule has 0 saturated carbocycles. The van der Waals surface area contributed by atoms with E-state index in [9.17, 15) is 4.79 Å². The van der Waals surface area contributed by atoms with E-state index in [1.165, 1.54) is 16.0 Å². The average molecular weight is 409 g/mol. The van der Waals surface area contributed by atoms with E-state index in [1.54, 1.807) is 16.2 Å². The monoisotopic (exact) mass is 408 g/mol. The summed E-state index contributed by atoms with van der Waals surface area (Å²) in [6, 6.07) is 13.7. The molecule has 0 aliphatic rings. The first-order valence-corrected chi connectivity index (χ1v) is 10.7. The Morgan fingerprint density at radius 3 is 2.72 bits per heavy atom. The van der Waals surface area contributed by atoms with E-state index in [0.29, 0.717) is 12.3 Å². The number of para-hydroxylation sites is 1. The van der Waals surface area contributed by atoms with Crippen LogP contribution in [0.3, 0.4) is 0 Å². The van der Waals surface area contributed by atoms with Crippen LogP contribution in [0.4, 0.5) is 5.13 Å². The van der Waals surface area contributed by atoms with E-state index in [1.807, 2.05) is 30.3 Å². The van der Waals surface area contributed by atoms with Gasteiger partial charge in [0.05, 0.1) is 30.9 Å². The fourth-order valence-corrected chi connectivity index (χ4v) is 4.47. The predicted molar refractivity (Wildman–Crippen MR) is 119 cm³/mol. The van der Waals surface area contributed by atoms with Gasteiger partial charge < -0.3 is 9.32 Å². The number of anilines is 1. The Morgan fingerprint density at radius 1 is 1.17 bits per heavy atom. The van der Waals surface area contributed by atoms with Crippen molar-refractivity contribution in [1.29, 1.82) is 0 Å². The lowest BCUT2D eigenvalue weighted by molar-refractivity contribution is -0.858. The summed E-state index contributed by atoms with van der Waals surface area (Å²) < 4.78 is 6.96. The summed E-state index contributed by atoms with van der Waals surface area (Å²) in [5.41, 5.74) is 4.08. The number of carbonyl (C=O) groups excluding carboxylic acids is 1. The fraction of sp³-hybridized carbons (Fsp3) is 0.304. The minimum atomic E-state index is -0.136. The van der Waals surface area contributed by atoms with Gasteiger partial charge in [0.1, 0.15) is 5.58 Å². The molecule has 0 radical (unpaired) electrons. The summed E-state index contributed by atoms with van der Waals surface area (Å²) in [6.45, 7) is 5.76. The van der Waals surface area contributed by atoms with Crippen LogP contribution in [0.15, 0.2) is 46.9 Å². The molecule has 2 aromatic heterocycles. The molecular weight excluding hydrogens is 382 g/mol. The van der Waals surface area contributed by atoms with Crippen LogP contribution < -0.4 is 9.80 Å². The molecule has 1 N–H and O–H groups in total. The van der Waals surface area contributed by atoms with Crippen molar-refractivity contribution in [2.45, 2.75) is 20.3 Å². The van der Waals surface area contributed by atoms with Crippen LogP contribution in [-0.4, -0.2) is 38.1 Å². The standard InChI is InChI=1S/C23H25N3O2S/c1-15-10-11-20-21(16(15)2)24-23(29-20)26(13-7-12-25(3)4)22(27)19-14-17-8-5-6-9-18(17)28-19/h5-6,8-11,14H,7,12-13H2,1-4H3/p+1. The predicted octanol–water partition coefficient (Wildman–Crippen LogP) is 3.84. The summed E-state index contributed by atoms with van der Waals surface area (Å²) in [5.74, 6) is 0.221. The van der Waals surface area contributed by atoms with Crippen molar-refractivity contribution in [1.82, 2.24) is 4.98 Å². The summed E-state index contributed by atoms with van der Waals surface area (Å²) in [4.78, 5) is 21.4. The molecule has 0 atom stereocenters. The van der Waals surface area contributed by atoms with E-state index >= 15 is 0 Å². The summed E-state index contributed by atoms with van der Waals surface area (Å²) >= 11 is 1.56. The van der Waals surface area contributed by atoms with E-state index in [4.69, 9.17) is 9.40 Å². The Labute approximate surface area is 174 Å². The van der Waals surface area contributed by atoms with Gasteiger partial charge in [0.2, 0.25) is 0 Å². The number of aromatic nitrogens is 1. The molecule has 0 saturated heterocycles. The van der Waals surface area contributed by atoms with Crippen molar-refractivity contribution in [3.63, 3.8) is 0 Å². The Bertz CT molecular complexity index is 1140. The van der Waals surface area contributed by atoms with Crippen LogP contribution in [0, 0.1) is 13.8 Å². The third kappa shape index (κ3) is 3.91. The molecule has 0 aliphatic carbocycles. The van der Waals surface area contributed by atoms with Gasteiger partial charge >= 0.3 is 0 Å². The quantitative estimate of drug-likeness (QED) is 0.527. The third-order valence-corrected chi connectivity index (χ3v) is 6.29. The molecule has 5 nitrogen and oxygen atoms in total. The Balaban J connectivity index is 1.72. The lowest BCUT2D eigenvalue weighted by Crippen LogP contribution is -3.05. The van der Waals surface area contributed by atoms with Gasteiger partial charge in [0.25, 0.3) is 5.91 Å². The molecule has 4 aromatic rings. The summed E-state index contributed by atoms with van der Waals surface area (Å²) in [6.07, 6.45) is 0.891. The number of hydrogen-bond acceptors (Lipinski definition) is 4. The number of fused-ring (bicyclic) bond motifs is 2. The third-order valence-electron chi connectivity index (χ3n) is 5.24. The molecule has 0 fully saturated rings. The van der Waals surface area contributed by atoms with Crippen molar-refractivity contribution in [2.75, 3.05) is 32.1 Å². The second-order valence-corrected chi connectivity index (χ2v) is 8.78. The number of hydrogen-bond donors (Lipinski definition) is 1. The topological polar surface area (TPSA) is 50.8 Å². The number of furan rings is 1. The lowest BCUT2D eigenvalue weighted by atomic mass is 10.1. The van der Waals surface area contributed by atoms with Crippen molar-refractivity contribution < 1.29 is 14.1 Å². The maximum atomic E-state index is 13.4. The van der Waals surface area contributed by atoms with Crippen LogP contribution in [0.5, 0.6) is 0 Å². The first kappa shape index (κ1) is 19.6. The Hall–Kier alpha value is -2.70. The second-order valence-electron chi connectivity index (χ2n) is 7.77. The van der Waals surface area contributed by atoms with Crippen molar-refractivity contribution in [3.05, 3.63) is 59.4 Å². The van der Waals surface area contributed by atoms with Crippen LogP contribution in [0.1, 0.15) is 28.1 Å². The second kappa shape index (κ2) is 7.97. The van der Waals surface area contributed by atoms with Crippen molar-refractivity contribution in [2.24, 2.45) is 0 Å². The van der Waals surface area contributed by atoms with Gasteiger partial charge in [-0.25, -0.2) is 4.98 Å². The lowest BCUT2D eigenvalue weighted by Gasteiger charge is -2.19. The zero-order valence-corrected chi connectivity index (χ0v) is 18.1. The smallest absolute Gasteiger partial charge is 0.295 e. The highest BCUT2D eigenvalue weighted by atomic mass is 32.1. The number of amides is 1. The molecule has 6 heteroatoms. The fourth-order valence-electron chi connectivity index (χ4n) is 3.42. The number of nitrogens with zero attached hydrogens (tertiary/aromatic N) is 2. The molecule has 2 aromatic carbocycles. The molecule has 4 rings (SSSR count). The minimum absolute atomic E-state index is 0.136. The van der Waals surface area contributed by atoms with Crippen LogP contribution in [-0.2, 0) is 0 Å². The Morgan fingerprint density at radius 2 is 1.97 bits per heavy atom. The molecule has 2 heterocycles. The molecule has 150 valence electrons. The van der Waals surface area contributed by atoms with E-state index in [0.717, 1.165) is 39.3 Å². The normalized spacial score (nSPS) is 11.6. The zero-order chi connectivity index (χ0) is 20.5. The van der Waals surface area contributed by atoms with Crippen molar-refractivity contribution in [3.8, 4) is 0 Å². The number of benzene rings is 2. The van der Waals surface area contributed by atoms with Crippen molar-refractivity contribution >= 4 is 43.6 Å². The van der Waals surface area contributed by atoms with Gasteiger partial charge in [-0.05, 0) is 43.2 Å². The average Bonchev–Trinajstić information content (AvgIpc) is 3.32. The number of quaternary nitrogens is 1. The van der Waals surface area contributed by atoms with Crippen LogP contribution in [0.25, 0.3) is 21.2 Å². The van der Waals surface area contributed by atoms with Gasteiger partial charge in [-0.3, -0.25) is 9.69 Å². The molecular formula is C23H26N3O2S+. The number of nitrogens with one attached hydrogen (secondary N) is 1. The van der Waals surface area contributed by atoms with Gasteiger partial charge in [-0.2, -0.15) is 0 Å². The molecule has 0 spiro atoms. The summed E-state index contributed by atoms with van der Waals surface area (Å²) in [5, 5.41) is 1.66. The summed E-state index contributed by atoms with van der Waals surface area (Å²) in [7, 11) is 4.24. The molecule has 1 amide bonds. The largest absolute Gasteiger partial charge is 0.451 e. The van der Waals surface area contributed by atoms with Gasteiger partial charge in [-0.1, -0.05) is 35.6 Å². The molecule has 0 unspecified atom stereocenters. The molecule has 29 heavy (non-hydrogen) atoms. The highest BCUT2D eigenvalue weighted by Gasteiger charge is 2.25. The van der Waals surface area contributed by atoms with Crippen LogP contribution >= 0.6 is 11.3 Å². The first-order valence-electron chi connectivity index (χ1n) is 9.90. The number of rotatable bonds is 6. The van der Waals surface area contributed by atoms with Crippen LogP contribution in [0.2, 0.25) is 0 Å². The highest BCUT2D eigenvalue weighted by Crippen LogP contribution is 2.33. The Kier molecular flexibility index (Phi) is 5.39. The van der Waals surface area contributed by atoms with Gasteiger partial charge in [0, 0.05) is 18.4 Å². The maximum Gasteiger partial charge on any atom is 0.295 e. The zero-order valence-electron chi connectivity index (χ0n) is 17.3. The number of carbonyl (C=O) groups is 1. The first-order chi connectivity index (χ1) is 13.9. The highest BCUT2D eigenvalue weighted by molar-refractivity contribution is 7.22. The number of thiazole rings is 1. The van der Waals surface area contributed by atoms with Gasteiger partial charge in [0.15, 0.2) is 10.9 Å².